The maximum absolute atomic E-state index is 13.5. The van der Waals surface area contributed by atoms with E-state index in [2.05, 4.69) is 10.6 Å². The van der Waals surface area contributed by atoms with Gasteiger partial charge in [-0.15, -0.1) is 0 Å². The Labute approximate surface area is 190 Å². The van der Waals surface area contributed by atoms with Crippen molar-refractivity contribution in [2.45, 2.75) is 12.7 Å². The predicted octanol–water partition coefficient (Wildman–Crippen LogP) is 5.70. The van der Waals surface area contributed by atoms with Crippen LogP contribution in [0.2, 0.25) is 5.02 Å². The Morgan fingerprint density at radius 2 is 1.42 bits per heavy atom. The summed E-state index contributed by atoms with van der Waals surface area (Å²) in [6.45, 7) is 0.0680. The number of hydrogen-bond donors (Lipinski definition) is 5. The van der Waals surface area contributed by atoms with Gasteiger partial charge in [0, 0.05) is 6.54 Å². The molecule has 0 heterocycles. The highest BCUT2D eigenvalue weighted by molar-refractivity contribution is 6.32. The minimum Gasteiger partial charge on any atom is -0.478 e. The number of aromatic carboxylic acids is 2. The van der Waals surface area contributed by atoms with Crippen molar-refractivity contribution >= 4 is 46.3 Å². The first-order valence-electron chi connectivity index (χ1n) is 9.34. The molecule has 3 rings (SSSR count). The number of alkyl halides is 3. The van der Waals surface area contributed by atoms with Crippen molar-refractivity contribution in [3.8, 4) is 0 Å². The van der Waals surface area contributed by atoms with Gasteiger partial charge in [0.05, 0.1) is 44.5 Å². The second-order valence-corrected chi connectivity index (χ2v) is 7.27. The number of hydrogen-bond acceptors (Lipinski definition) is 5. The van der Waals surface area contributed by atoms with Crippen molar-refractivity contribution in [2.75, 3.05) is 10.6 Å². The Bertz CT molecular complexity index is 1230. The lowest BCUT2D eigenvalue weighted by atomic mass is 10.1. The van der Waals surface area contributed by atoms with Crippen molar-refractivity contribution in [1.82, 2.24) is 0 Å². The standard InChI is InChI=1S/C22H17ClF3N3O4/c23-15-9-19(28-16-4-2-1-3-12(16)20(30)31)18(8-14(15)22(24,25)26)29-17-6-5-11(10-27)7-13(17)21(32)33/h1-9,28-29H,10,27H2,(H,30,31)(H,32,33). The summed E-state index contributed by atoms with van der Waals surface area (Å²) < 4.78 is 40.5. The van der Waals surface area contributed by atoms with Gasteiger partial charge in [-0.3, -0.25) is 0 Å². The smallest absolute Gasteiger partial charge is 0.417 e. The fourth-order valence-corrected chi connectivity index (χ4v) is 3.34. The molecule has 172 valence electrons. The molecular weight excluding hydrogens is 463 g/mol. The van der Waals surface area contributed by atoms with Gasteiger partial charge in [-0.25, -0.2) is 9.59 Å². The van der Waals surface area contributed by atoms with E-state index in [-0.39, 0.29) is 40.4 Å². The second-order valence-electron chi connectivity index (χ2n) is 6.87. The van der Waals surface area contributed by atoms with Crippen LogP contribution in [0.25, 0.3) is 0 Å². The first-order chi connectivity index (χ1) is 15.5. The molecule has 0 fully saturated rings. The monoisotopic (exact) mass is 479 g/mol. The van der Waals surface area contributed by atoms with E-state index >= 15 is 0 Å². The SMILES string of the molecule is NCc1ccc(Nc2cc(C(F)(F)F)c(Cl)cc2Nc2ccccc2C(=O)O)c(C(=O)O)c1. The molecule has 11 heteroatoms. The topological polar surface area (TPSA) is 125 Å². The van der Waals surface area contributed by atoms with Crippen LogP contribution in [-0.2, 0) is 12.7 Å². The first kappa shape index (κ1) is 23.9. The zero-order valence-corrected chi connectivity index (χ0v) is 17.5. The highest BCUT2D eigenvalue weighted by Crippen LogP contribution is 2.41. The molecule has 0 saturated carbocycles. The lowest BCUT2D eigenvalue weighted by Crippen LogP contribution is -2.10. The second kappa shape index (κ2) is 9.39. The molecule has 33 heavy (non-hydrogen) atoms. The molecule has 3 aromatic rings. The molecule has 0 saturated heterocycles. The lowest BCUT2D eigenvalue weighted by Gasteiger charge is -2.20. The van der Waals surface area contributed by atoms with Gasteiger partial charge in [0.25, 0.3) is 0 Å². The largest absolute Gasteiger partial charge is 0.478 e. The number of nitrogens with one attached hydrogen (secondary N) is 2. The molecule has 0 atom stereocenters. The van der Waals surface area contributed by atoms with Gasteiger partial charge < -0.3 is 26.6 Å². The van der Waals surface area contributed by atoms with Crippen LogP contribution in [-0.4, -0.2) is 22.2 Å². The number of para-hydroxylation sites is 1. The van der Waals surface area contributed by atoms with Crippen molar-refractivity contribution in [1.29, 1.82) is 0 Å². The van der Waals surface area contributed by atoms with Crippen molar-refractivity contribution in [3.63, 3.8) is 0 Å². The van der Waals surface area contributed by atoms with Gasteiger partial charge in [-0.1, -0.05) is 29.8 Å². The average Bonchev–Trinajstić information content (AvgIpc) is 2.74. The van der Waals surface area contributed by atoms with E-state index in [1.54, 1.807) is 6.07 Å². The molecule has 3 aromatic carbocycles. The third kappa shape index (κ3) is 5.36. The highest BCUT2D eigenvalue weighted by Gasteiger charge is 2.34. The van der Waals surface area contributed by atoms with Gasteiger partial charge in [0.2, 0.25) is 0 Å². The minimum atomic E-state index is -4.79. The molecule has 0 unspecified atom stereocenters. The Morgan fingerprint density at radius 3 is 2.00 bits per heavy atom. The number of carbonyl (C=O) groups is 2. The third-order valence-electron chi connectivity index (χ3n) is 4.66. The molecule has 0 radical (unpaired) electrons. The summed E-state index contributed by atoms with van der Waals surface area (Å²) in [6.07, 6.45) is -4.79. The van der Waals surface area contributed by atoms with Gasteiger partial charge in [-0.2, -0.15) is 13.2 Å². The van der Waals surface area contributed by atoms with Gasteiger partial charge in [0.1, 0.15) is 0 Å². The van der Waals surface area contributed by atoms with Gasteiger partial charge in [0.15, 0.2) is 0 Å². The van der Waals surface area contributed by atoms with E-state index in [1.165, 1.54) is 36.4 Å². The van der Waals surface area contributed by atoms with Crippen LogP contribution < -0.4 is 16.4 Å². The summed E-state index contributed by atoms with van der Waals surface area (Å²) in [6, 6.07) is 11.7. The van der Waals surface area contributed by atoms with E-state index < -0.39 is 28.7 Å². The van der Waals surface area contributed by atoms with Gasteiger partial charge >= 0.3 is 18.1 Å². The molecule has 0 aliphatic heterocycles. The normalized spacial score (nSPS) is 11.2. The maximum atomic E-state index is 13.5. The minimum absolute atomic E-state index is 0.000871. The van der Waals surface area contributed by atoms with Crippen molar-refractivity contribution in [3.05, 3.63) is 81.9 Å². The Morgan fingerprint density at radius 1 is 0.848 bits per heavy atom. The van der Waals surface area contributed by atoms with Crippen LogP contribution >= 0.6 is 11.6 Å². The molecular formula is C22H17ClF3N3O4. The Balaban J connectivity index is 2.16. The molecule has 0 spiro atoms. The summed E-state index contributed by atoms with van der Waals surface area (Å²) in [7, 11) is 0. The van der Waals surface area contributed by atoms with E-state index in [0.29, 0.717) is 5.56 Å². The number of benzene rings is 3. The molecule has 0 aliphatic rings. The molecule has 0 aromatic heterocycles. The van der Waals surface area contributed by atoms with Crippen LogP contribution in [0.3, 0.4) is 0 Å². The van der Waals surface area contributed by atoms with Gasteiger partial charge in [-0.05, 0) is 42.0 Å². The fraction of sp³-hybridized carbons (Fsp3) is 0.0909. The number of halogens is 4. The van der Waals surface area contributed by atoms with Crippen molar-refractivity contribution in [2.24, 2.45) is 5.73 Å². The van der Waals surface area contributed by atoms with Crippen LogP contribution in [0.1, 0.15) is 31.8 Å². The Kier molecular flexibility index (Phi) is 6.80. The summed E-state index contributed by atoms with van der Waals surface area (Å²) in [5.41, 5.74) is 4.50. The average molecular weight is 480 g/mol. The number of carboxylic acids is 2. The lowest BCUT2D eigenvalue weighted by molar-refractivity contribution is -0.137. The summed E-state index contributed by atoms with van der Waals surface area (Å²) in [5, 5.41) is 23.8. The first-order valence-corrected chi connectivity index (χ1v) is 9.72. The Hall–Kier alpha value is -3.76. The number of rotatable bonds is 7. The molecule has 6 N–H and O–H groups in total. The number of anilines is 4. The predicted molar refractivity (Wildman–Crippen MR) is 118 cm³/mol. The summed E-state index contributed by atoms with van der Waals surface area (Å²) >= 11 is 5.87. The molecule has 0 aliphatic carbocycles. The summed E-state index contributed by atoms with van der Waals surface area (Å²) in [4.78, 5) is 23.2. The number of carboxylic acid groups (broad SMARTS) is 2. The summed E-state index contributed by atoms with van der Waals surface area (Å²) in [5.74, 6) is -2.57. The quantitative estimate of drug-likeness (QED) is 0.294. The molecule has 0 bridgehead atoms. The van der Waals surface area contributed by atoms with Crippen LogP contribution in [0, 0.1) is 0 Å². The zero-order valence-electron chi connectivity index (χ0n) is 16.7. The number of nitrogens with two attached hydrogens (primary N) is 1. The van der Waals surface area contributed by atoms with E-state index in [1.807, 2.05) is 0 Å². The van der Waals surface area contributed by atoms with E-state index in [0.717, 1.165) is 12.1 Å². The van der Waals surface area contributed by atoms with E-state index in [4.69, 9.17) is 17.3 Å². The van der Waals surface area contributed by atoms with Crippen LogP contribution in [0.15, 0.2) is 54.6 Å². The molecule has 7 nitrogen and oxygen atoms in total. The van der Waals surface area contributed by atoms with E-state index in [9.17, 15) is 33.0 Å². The van der Waals surface area contributed by atoms with Crippen LogP contribution in [0.5, 0.6) is 0 Å². The highest BCUT2D eigenvalue weighted by atomic mass is 35.5. The molecule has 0 amide bonds. The maximum Gasteiger partial charge on any atom is 0.417 e. The zero-order chi connectivity index (χ0) is 24.3. The van der Waals surface area contributed by atoms with Crippen molar-refractivity contribution < 1.29 is 33.0 Å². The fourth-order valence-electron chi connectivity index (χ4n) is 3.07. The third-order valence-corrected chi connectivity index (χ3v) is 4.97. The van der Waals surface area contributed by atoms with Crippen LogP contribution in [0.4, 0.5) is 35.9 Å².